The number of rotatable bonds is 6. The van der Waals surface area contributed by atoms with Crippen molar-refractivity contribution in [1.29, 1.82) is 0 Å². The lowest BCUT2D eigenvalue weighted by atomic mass is 10.1. The van der Waals surface area contributed by atoms with Gasteiger partial charge >= 0.3 is 5.97 Å². The van der Waals surface area contributed by atoms with Crippen molar-refractivity contribution in [2.75, 3.05) is 5.75 Å². The van der Waals surface area contributed by atoms with Crippen molar-refractivity contribution < 1.29 is 14.3 Å². The van der Waals surface area contributed by atoms with Gasteiger partial charge in [-0.2, -0.15) is 0 Å². The molecule has 0 aliphatic heterocycles. The molecule has 4 heteroatoms. The molecule has 0 unspecified atom stereocenters. The second-order valence-electron chi connectivity index (χ2n) is 3.24. The minimum atomic E-state index is -0.925. The average Bonchev–Trinajstić information content (AvgIpc) is 2.25. The highest BCUT2D eigenvalue weighted by atomic mass is 32.2. The molecule has 0 heterocycles. The topological polar surface area (TPSA) is 37.3 Å². The summed E-state index contributed by atoms with van der Waals surface area (Å²) in [6.07, 6.45) is 2.96. The number of aryl methyl sites for hydroxylation is 1. The molecule has 0 saturated heterocycles. The lowest BCUT2D eigenvalue weighted by Gasteiger charge is -1.99. The van der Waals surface area contributed by atoms with Gasteiger partial charge in [-0.25, -0.2) is 9.18 Å². The molecule has 16 heavy (non-hydrogen) atoms. The molecule has 86 valence electrons. The third-order valence-electron chi connectivity index (χ3n) is 1.95. The Morgan fingerprint density at radius 2 is 2.06 bits per heavy atom. The number of hydrogen-bond acceptors (Lipinski definition) is 2. The number of aliphatic carboxylic acids is 1. The van der Waals surface area contributed by atoms with Gasteiger partial charge in [-0.3, -0.25) is 0 Å². The van der Waals surface area contributed by atoms with Crippen LogP contribution in [0.3, 0.4) is 0 Å². The van der Waals surface area contributed by atoms with Gasteiger partial charge in [-0.05, 0) is 41.7 Å². The molecular weight excluding hydrogens is 227 g/mol. The molecule has 0 radical (unpaired) electrons. The SMILES string of the molecule is O=C(O)/C=C\SCCCc1ccc(F)cc1. The number of benzene rings is 1. The van der Waals surface area contributed by atoms with E-state index in [-0.39, 0.29) is 5.82 Å². The fourth-order valence-corrected chi connectivity index (χ4v) is 1.84. The second-order valence-corrected chi connectivity index (χ2v) is 4.26. The second kappa shape index (κ2) is 7.06. The Morgan fingerprint density at radius 3 is 2.69 bits per heavy atom. The van der Waals surface area contributed by atoms with Crippen LogP contribution in [0.5, 0.6) is 0 Å². The third kappa shape index (κ3) is 5.56. The number of carboxylic acid groups (broad SMARTS) is 1. The molecule has 0 amide bonds. The summed E-state index contributed by atoms with van der Waals surface area (Å²) >= 11 is 1.47. The van der Waals surface area contributed by atoms with E-state index in [4.69, 9.17) is 5.11 Å². The lowest BCUT2D eigenvalue weighted by Crippen LogP contribution is -1.88. The average molecular weight is 240 g/mol. The number of hydrogen-bond donors (Lipinski definition) is 1. The van der Waals surface area contributed by atoms with Crippen molar-refractivity contribution in [2.24, 2.45) is 0 Å². The molecule has 0 fully saturated rings. The van der Waals surface area contributed by atoms with Gasteiger partial charge in [0.25, 0.3) is 0 Å². The summed E-state index contributed by atoms with van der Waals surface area (Å²) in [4.78, 5) is 10.1. The van der Waals surface area contributed by atoms with Gasteiger partial charge in [-0.1, -0.05) is 12.1 Å². The molecular formula is C12H13FO2S. The molecule has 1 aromatic rings. The molecule has 0 spiro atoms. The largest absolute Gasteiger partial charge is 0.478 e. The Bertz CT molecular complexity index is 360. The van der Waals surface area contributed by atoms with E-state index >= 15 is 0 Å². The number of thioether (sulfide) groups is 1. The zero-order chi connectivity index (χ0) is 11.8. The van der Waals surface area contributed by atoms with Gasteiger partial charge in [0.15, 0.2) is 0 Å². The van der Waals surface area contributed by atoms with Crippen molar-refractivity contribution in [3.8, 4) is 0 Å². The maximum Gasteiger partial charge on any atom is 0.328 e. The predicted molar refractivity (Wildman–Crippen MR) is 64.0 cm³/mol. The maximum absolute atomic E-state index is 12.6. The predicted octanol–water partition coefficient (Wildman–Crippen LogP) is 3.09. The number of halogens is 1. The molecule has 1 rings (SSSR count). The van der Waals surface area contributed by atoms with Crippen molar-refractivity contribution >= 4 is 17.7 Å². The van der Waals surface area contributed by atoms with Gasteiger partial charge in [-0.15, -0.1) is 11.8 Å². The highest BCUT2D eigenvalue weighted by Gasteiger charge is 1.94. The monoisotopic (exact) mass is 240 g/mol. The summed E-state index contributed by atoms with van der Waals surface area (Å²) < 4.78 is 12.6. The van der Waals surface area contributed by atoms with Crippen molar-refractivity contribution in [2.45, 2.75) is 12.8 Å². The lowest BCUT2D eigenvalue weighted by molar-refractivity contribution is -0.131. The summed E-state index contributed by atoms with van der Waals surface area (Å²) in [5.41, 5.74) is 1.10. The van der Waals surface area contributed by atoms with Crippen LogP contribution in [0.2, 0.25) is 0 Å². The third-order valence-corrected chi connectivity index (χ3v) is 2.80. The molecule has 0 atom stereocenters. The first kappa shape index (κ1) is 12.8. The summed E-state index contributed by atoms with van der Waals surface area (Å²) in [6.45, 7) is 0. The zero-order valence-electron chi connectivity index (χ0n) is 8.73. The van der Waals surface area contributed by atoms with E-state index in [1.165, 1.54) is 23.9 Å². The Hall–Kier alpha value is -1.29. The molecule has 1 N–H and O–H groups in total. The van der Waals surface area contributed by atoms with Crippen molar-refractivity contribution in [1.82, 2.24) is 0 Å². The smallest absolute Gasteiger partial charge is 0.328 e. The van der Waals surface area contributed by atoms with Crippen molar-refractivity contribution in [3.05, 3.63) is 47.1 Å². The highest BCUT2D eigenvalue weighted by Crippen LogP contribution is 2.09. The molecule has 0 aromatic heterocycles. The van der Waals surface area contributed by atoms with E-state index in [0.717, 1.165) is 30.2 Å². The zero-order valence-corrected chi connectivity index (χ0v) is 9.54. The maximum atomic E-state index is 12.6. The Morgan fingerprint density at radius 1 is 1.38 bits per heavy atom. The summed E-state index contributed by atoms with van der Waals surface area (Å²) in [7, 11) is 0. The minimum Gasteiger partial charge on any atom is -0.478 e. The first-order chi connectivity index (χ1) is 7.68. The summed E-state index contributed by atoms with van der Waals surface area (Å²) in [5, 5.41) is 9.91. The molecule has 0 aliphatic carbocycles. The number of carbonyl (C=O) groups is 1. The Balaban J connectivity index is 2.16. The van der Waals surface area contributed by atoms with Crippen LogP contribution in [0, 0.1) is 5.82 Å². The van der Waals surface area contributed by atoms with Gasteiger partial charge in [0.2, 0.25) is 0 Å². The van der Waals surface area contributed by atoms with Crippen LogP contribution >= 0.6 is 11.8 Å². The van der Waals surface area contributed by atoms with E-state index in [2.05, 4.69) is 0 Å². The highest BCUT2D eigenvalue weighted by molar-refractivity contribution is 8.02. The summed E-state index contributed by atoms with van der Waals surface area (Å²) in [6, 6.07) is 6.44. The van der Waals surface area contributed by atoms with E-state index in [1.807, 2.05) is 0 Å². The van der Waals surface area contributed by atoms with Crippen LogP contribution in [-0.2, 0) is 11.2 Å². The van der Waals surface area contributed by atoms with Gasteiger partial charge in [0.05, 0.1) is 0 Å². The quantitative estimate of drug-likeness (QED) is 0.613. The van der Waals surface area contributed by atoms with Crippen molar-refractivity contribution in [3.63, 3.8) is 0 Å². The molecule has 1 aromatic carbocycles. The standard InChI is InChI=1S/C12H13FO2S/c13-11-5-3-10(4-6-11)2-1-8-16-9-7-12(14)15/h3-7,9H,1-2,8H2,(H,14,15)/b9-7-. The Labute approximate surface area is 98.2 Å². The normalized spacial score (nSPS) is 10.8. The van der Waals surface area contributed by atoms with Crippen LogP contribution in [0.15, 0.2) is 35.7 Å². The van der Waals surface area contributed by atoms with Crippen LogP contribution in [0.25, 0.3) is 0 Å². The van der Waals surface area contributed by atoms with Gasteiger partial charge in [0, 0.05) is 6.08 Å². The fraction of sp³-hybridized carbons (Fsp3) is 0.250. The molecule has 0 aliphatic rings. The van der Waals surface area contributed by atoms with E-state index in [0.29, 0.717) is 0 Å². The number of carboxylic acids is 1. The first-order valence-electron chi connectivity index (χ1n) is 4.94. The fourth-order valence-electron chi connectivity index (χ4n) is 1.19. The van der Waals surface area contributed by atoms with E-state index in [1.54, 1.807) is 17.5 Å². The molecule has 0 saturated carbocycles. The minimum absolute atomic E-state index is 0.220. The Kier molecular flexibility index (Phi) is 5.64. The molecule has 0 bridgehead atoms. The van der Waals surface area contributed by atoms with Crippen LogP contribution < -0.4 is 0 Å². The first-order valence-corrected chi connectivity index (χ1v) is 5.99. The van der Waals surface area contributed by atoms with Gasteiger partial charge in [0.1, 0.15) is 5.82 Å². The van der Waals surface area contributed by atoms with E-state index < -0.39 is 5.97 Å². The van der Waals surface area contributed by atoms with Crippen LogP contribution in [-0.4, -0.2) is 16.8 Å². The summed E-state index contributed by atoms with van der Waals surface area (Å²) in [5.74, 6) is -0.283. The van der Waals surface area contributed by atoms with Crippen LogP contribution in [0.4, 0.5) is 4.39 Å². The van der Waals surface area contributed by atoms with E-state index in [9.17, 15) is 9.18 Å². The van der Waals surface area contributed by atoms with Crippen LogP contribution in [0.1, 0.15) is 12.0 Å². The van der Waals surface area contributed by atoms with Gasteiger partial charge < -0.3 is 5.11 Å². The molecule has 2 nitrogen and oxygen atoms in total.